The minimum absolute atomic E-state index is 0.0586. The Kier molecular flexibility index (Phi) is 5.92. The van der Waals surface area contributed by atoms with Gasteiger partial charge in [-0.15, -0.1) is 13.2 Å². The van der Waals surface area contributed by atoms with Crippen LogP contribution in [0.3, 0.4) is 0 Å². The van der Waals surface area contributed by atoms with E-state index in [2.05, 4.69) is 11.7 Å². The summed E-state index contributed by atoms with van der Waals surface area (Å²) in [4.78, 5) is 17.0. The molecule has 0 atom stereocenters. The van der Waals surface area contributed by atoms with Crippen molar-refractivity contribution in [2.75, 3.05) is 6.61 Å². The van der Waals surface area contributed by atoms with Crippen LogP contribution >= 0.6 is 0 Å². The molecule has 5 nitrogen and oxygen atoms in total. The fourth-order valence-corrected chi connectivity index (χ4v) is 4.83. The van der Waals surface area contributed by atoms with Gasteiger partial charge >= 0.3 is 6.36 Å². The SMILES string of the molecule is Cc1cc(-c2ccc3nc(C4(C)CCCCC4)n(CCOC(F)(F)F)c3c2)cn(C)c1=O. The van der Waals surface area contributed by atoms with Crippen LogP contribution in [0.15, 0.2) is 35.3 Å². The Morgan fingerprint density at radius 1 is 1.12 bits per heavy atom. The number of ether oxygens (including phenoxy) is 1. The van der Waals surface area contributed by atoms with Crippen molar-refractivity contribution in [1.29, 1.82) is 0 Å². The Labute approximate surface area is 184 Å². The van der Waals surface area contributed by atoms with Gasteiger partial charge in [-0.25, -0.2) is 4.98 Å². The van der Waals surface area contributed by atoms with Gasteiger partial charge in [0.2, 0.25) is 0 Å². The predicted octanol–water partition coefficient (Wildman–Crippen LogP) is 5.47. The normalized spacial score (nSPS) is 16.6. The Morgan fingerprint density at radius 2 is 1.84 bits per heavy atom. The average Bonchev–Trinajstić information content (AvgIpc) is 3.10. The van der Waals surface area contributed by atoms with Crippen LogP contribution in [-0.2, 0) is 23.7 Å². The van der Waals surface area contributed by atoms with Crippen molar-refractivity contribution < 1.29 is 17.9 Å². The Hall–Kier alpha value is -2.61. The first-order valence-electron chi connectivity index (χ1n) is 11.0. The molecule has 0 radical (unpaired) electrons. The molecule has 4 rings (SSSR count). The van der Waals surface area contributed by atoms with Crippen LogP contribution in [0, 0.1) is 6.92 Å². The molecule has 172 valence electrons. The highest BCUT2D eigenvalue weighted by Gasteiger charge is 2.35. The number of imidazole rings is 1. The van der Waals surface area contributed by atoms with E-state index in [1.165, 1.54) is 11.0 Å². The summed E-state index contributed by atoms with van der Waals surface area (Å²) in [5.41, 5.74) is 3.68. The van der Waals surface area contributed by atoms with Gasteiger partial charge in [0.1, 0.15) is 5.82 Å². The highest BCUT2D eigenvalue weighted by molar-refractivity contribution is 5.83. The highest BCUT2D eigenvalue weighted by Crippen LogP contribution is 2.40. The molecule has 0 aliphatic heterocycles. The lowest BCUT2D eigenvalue weighted by atomic mass is 9.75. The van der Waals surface area contributed by atoms with Crippen LogP contribution in [0.25, 0.3) is 22.2 Å². The van der Waals surface area contributed by atoms with Gasteiger partial charge in [-0.1, -0.05) is 32.3 Å². The van der Waals surface area contributed by atoms with Crippen molar-refractivity contribution in [2.24, 2.45) is 7.05 Å². The third-order valence-electron chi connectivity index (χ3n) is 6.52. The van der Waals surface area contributed by atoms with Gasteiger partial charge < -0.3 is 9.13 Å². The molecular weight excluding hydrogens is 419 g/mol. The summed E-state index contributed by atoms with van der Waals surface area (Å²) >= 11 is 0. The quantitative estimate of drug-likeness (QED) is 0.521. The first-order chi connectivity index (χ1) is 15.1. The van der Waals surface area contributed by atoms with E-state index in [1.54, 1.807) is 20.2 Å². The van der Waals surface area contributed by atoms with Crippen LogP contribution in [0.5, 0.6) is 0 Å². The summed E-state index contributed by atoms with van der Waals surface area (Å²) in [5, 5.41) is 0. The van der Waals surface area contributed by atoms with Crippen molar-refractivity contribution in [2.45, 2.75) is 64.3 Å². The zero-order valence-electron chi connectivity index (χ0n) is 18.6. The number of nitrogens with zero attached hydrogens (tertiary/aromatic N) is 3. The van der Waals surface area contributed by atoms with Gasteiger partial charge in [0.25, 0.3) is 5.56 Å². The maximum absolute atomic E-state index is 12.6. The number of fused-ring (bicyclic) bond motifs is 1. The van der Waals surface area contributed by atoms with E-state index in [0.717, 1.165) is 53.7 Å². The van der Waals surface area contributed by atoms with E-state index in [9.17, 15) is 18.0 Å². The van der Waals surface area contributed by atoms with Crippen molar-refractivity contribution in [3.8, 4) is 11.1 Å². The predicted molar refractivity (Wildman–Crippen MR) is 118 cm³/mol. The Morgan fingerprint density at radius 3 is 2.50 bits per heavy atom. The fraction of sp³-hybridized carbons (Fsp3) is 0.500. The molecule has 1 aromatic carbocycles. The molecule has 1 aliphatic carbocycles. The maximum atomic E-state index is 12.6. The van der Waals surface area contributed by atoms with Crippen LogP contribution in [0.2, 0.25) is 0 Å². The molecule has 8 heteroatoms. The van der Waals surface area contributed by atoms with Gasteiger partial charge in [0, 0.05) is 30.8 Å². The second kappa shape index (κ2) is 8.39. The van der Waals surface area contributed by atoms with E-state index in [-0.39, 0.29) is 17.5 Å². The number of pyridine rings is 1. The van der Waals surface area contributed by atoms with Crippen LogP contribution in [-0.4, -0.2) is 27.1 Å². The minimum Gasteiger partial charge on any atom is -0.325 e. The molecule has 2 aromatic heterocycles. The van der Waals surface area contributed by atoms with Crippen molar-refractivity contribution in [1.82, 2.24) is 14.1 Å². The first-order valence-corrected chi connectivity index (χ1v) is 11.0. The summed E-state index contributed by atoms with van der Waals surface area (Å²) in [6.07, 6.45) is 2.37. The summed E-state index contributed by atoms with van der Waals surface area (Å²) in [6, 6.07) is 7.63. The zero-order chi connectivity index (χ0) is 23.1. The monoisotopic (exact) mass is 447 g/mol. The van der Waals surface area contributed by atoms with Crippen molar-refractivity contribution >= 4 is 11.0 Å². The molecule has 1 aliphatic rings. The number of benzene rings is 1. The third-order valence-corrected chi connectivity index (χ3v) is 6.52. The van der Waals surface area contributed by atoms with E-state index < -0.39 is 13.0 Å². The van der Waals surface area contributed by atoms with E-state index in [0.29, 0.717) is 5.56 Å². The van der Waals surface area contributed by atoms with Crippen LogP contribution in [0.4, 0.5) is 13.2 Å². The number of rotatable bonds is 5. The smallest absolute Gasteiger partial charge is 0.325 e. The maximum Gasteiger partial charge on any atom is 0.522 e. The number of hydrogen-bond acceptors (Lipinski definition) is 3. The first kappa shape index (κ1) is 22.6. The summed E-state index contributed by atoms with van der Waals surface area (Å²) in [6.45, 7) is 3.52. The highest BCUT2D eigenvalue weighted by atomic mass is 19.4. The second-order valence-corrected chi connectivity index (χ2v) is 9.03. The van der Waals surface area contributed by atoms with Crippen LogP contribution in [0.1, 0.15) is 50.4 Å². The average molecular weight is 448 g/mol. The fourth-order valence-electron chi connectivity index (χ4n) is 4.83. The molecule has 2 heterocycles. The third kappa shape index (κ3) is 4.46. The number of alkyl halides is 3. The molecule has 3 aromatic rings. The molecule has 1 fully saturated rings. The van der Waals surface area contributed by atoms with Crippen molar-refractivity contribution in [3.63, 3.8) is 0 Å². The Bertz CT molecular complexity index is 1160. The number of aryl methyl sites for hydroxylation is 2. The van der Waals surface area contributed by atoms with Gasteiger partial charge in [0.05, 0.1) is 17.6 Å². The lowest BCUT2D eigenvalue weighted by molar-refractivity contribution is -0.325. The standard InChI is InChI=1S/C24H28F3N3O2/c1-16-13-18(15-29(3)21(16)31)17-7-8-19-20(14-17)30(11-12-32-24(25,26)27)22(28-19)23(2)9-5-4-6-10-23/h7-8,13-15H,4-6,9-12H2,1-3H3. The molecule has 0 N–H and O–H groups in total. The van der Waals surface area contributed by atoms with E-state index >= 15 is 0 Å². The van der Waals surface area contributed by atoms with Gasteiger partial charge in [-0.3, -0.25) is 9.53 Å². The molecule has 1 saturated carbocycles. The van der Waals surface area contributed by atoms with Crippen LogP contribution < -0.4 is 5.56 Å². The lowest BCUT2D eigenvalue weighted by Gasteiger charge is -2.33. The summed E-state index contributed by atoms with van der Waals surface area (Å²) in [5.74, 6) is 0.826. The van der Waals surface area contributed by atoms with E-state index in [1.807, 2.05) is 28.8 Å². The van der Waals surface area contributed by atoms with Gasteiger partial charge in [-0.05, 0) is 49.1 Å². The number of aromatic nitrogens is 3. The van der Waals surface area contributed by atoms with E-state index in [4.69, 9.17) is 4.98 Å². The van der Waals surface area contributed by atoms with Crippen molar-refractivity contribution in [3.05, 3.63) is 52.2 Å². The molecule has 0 saturated heterocycles. The molecule has 32 heavy (non-hydrogen) atoms. The molecule has 0 amide bonds. The largest absolute Gasteiger partial charge is 0.522 e. The number of halogens is 3. The molecular formula is C24H28F3N3O2. The summed E-state index contributed by atoms with van der Waals surface area (Å²) in [7, 11) is 1.71. The minimum atomic E-state index is -4.66. The number of hydrogen-bond donors (Lipinski definition) is 0. The summed E-state index contributed by atoms with van der Waals surface area (Å²) < 4.78 is 45.5. The topological polar surface area (TPSA) is 49.0 Å². The van der Waals surface area contributed by atoms with Gasteiger partial charge in [0.15, 0.2) is 0 Å². The molecule has 0 unspecified atom stereocenters. The zero-order valence-corrected chi connectivity index (χ0v) is 18.6. The Balaban J connectivity index is 1.81. The molecule has 0 spiro atoms. The van der Waals surface area contributed by atoms with Gasteiger partial charge in [-0.2, -0.15) is 0 Å². The lowest BCUT2D eigenvalue weighted by Crippen LogP contribution is -2.30. The molecule has 0 bridgehead atoms. The second-order valence-electron chi connectivity index (χ2n) is 9.03.